The van der Waals surface area contributed by atoms with Crippen LogP contribution in [0, 0.1) is 6.92 Å². The van der Waals surface area contributed by atoms with Crippen molar-refractivity contribution in [1.29, 1.82) is 0 Å². The average Bonchev–Trinajstić information content (AvgIpc) is 3.15. The van der Waals surface area contributed by atoms with Gasteiger partial charge in [0.05, 0.1) is 9.77 Å². The molecular formula is C20H16N2O2S2. The molecule has 0 radical (unpaired) electrons. The lowest BCUT2D eigenvalue weighted by molar-refractivity contribution is -0.600. The first-order chi connectivity index (χ1) is 12.5. The van der Waals surface area contributed by atoms with Crippen LogP contribution < -0.4 is 4.68 Å². The van der Waals surface area contributed by atoms with Crippen molar-refractivity contribution in [3.05, 3.63) is 88.7 Å². The third kappa shape index (κ3) is 3.21. The zero-order chi connectivity index (χ0) is 18.1. The fourth-order valence-corrected chi connectivity index (χ4v) is 4.40. The van der Waals surface area contributed by atoms with Gasteiger partial charge in [0, 0.05) is 11.5 Å². The molecule has 0 bridgehead atoms. The molecule has 0 saturated heterocycles. The topological polar surface area (TPSA) is 52.1 Å². The minimum absolute atomic E-state index is 0.181. The van der Waals surface area contributed by atoms with Crippen molar-refractivity contribution in [3.63, 3.8) is 0 Å². The van der Waals surface area contributed by atoms with Crippen LogP contribution in [0.1, 0.15) is 5.56 Å². The molecule has 0 aliphatic heterocycles. The Kier molecular flexibility index (Phi) is 4.22. The van der Waals surface area contributed by atoms with Crippen molar-refractivity contribution in [1.82, 2.24) is 0 Å². The van der Waals surface area contributed by atoms with E-state index in [0.717, 1.165) is 26.9 Å². The first-order valence-electron chi connectivity index (χ1n) is 8.06. The Morgan fingerprint density at radius 1 is 0.923 bits per heavy atom. The summed E-state index contributed by atoms with van der Waals surface area (Å²) in [5.74, 6) is 0. The molecule has 4 rings (SSSR count). The summed E-state index contributed by atoms with van der Waals surface area (Å²) in [6.07, 6.45) is 1.76. The van der Waals surface area contributed by atoms with Gasteiger partial charge < -0.3 is 4.83 Å². The Labute approximate surface area is 156 Å². The fourth-order valence-electron chi connectivity index (χ4n) is 2.72. The van der Waals surface area contributed by atoms with Crippen molar-refractivity contribution >= 4 is 32.1 Å². The fraction of sp³-hybridized carbons (Fsp3) is 0.0500. The van der Waals surface area contributed by atoms with Crippen LogP contribution in [0.2, 0.25) is 0 Å². The van der Waals surface area contributed by atoms with Crippen LogP contribution in [0.3, 0.4) is 0 Å². The quantitative estimate of drug-likeness (QED) is 0.482. The van der Waals surface area contributed by atoms with E-state index in [1.165, 1.54) is 4.68 Å². The summed E-state index contributed by atoms with van der Waals surface area (Å²) in [5, 5.41) is 3.93. The van der Waals surface area contributed by atoms with E-state index in [0.29, 0.717) is 0 Å². The van der Waals surface area contributed by atoms with Gasteiger partial charge in [0.2, 0.25) is 5.69 Å². The second-order valence-corrected chi connectivity index (χ2v) is 8.51. The number of aromatic nitrogens is 1. The van der Waals surface area contributed by atoms with Gasteiger partial charge >= 0.3 is 0 Å². The van der Waals surface area contributed by atoms with Crippen molar-refractivity contribution in [3.8, 4) is 10.6 Å². The molecule has 0 spiro atoms. The van der Waals surface area contributed by atoms with Crippen molar-refractivity contribution in [2.75, 3.05) is 0 Å². The lowest BCUT2D eigenvalue weighted by Gasteiger charge is -2.17. The maximum absolute atomic E-state index is 12.8. The maximum atomic E-state index is 12.8. The van der Waals surface area contributed by atoms with Gasteiger partial charge in [-0.25, -0.2) is 13.1 Å². The van der Waals surface area contributed by atoms with Gasteiger partial charge in [0.25, 0.3) is 0 Å². The smallest absolute Gasteiger partial charge is 0.219 e. The number of fused-ring (bicyclic) bond motifs is 1. The third-order valence-corrected chi connectivity index (χ3v) is 6.24. The third-order valence-electron chi connectivity index (χ3n) is 4.08. The molecule has 0 N–H and O–H groups in total. The van der Waals surface area contributed by atoms with Crippen LogP contribution in [0.25, 0.3) is 26.2 Å². The van der Waals surface area contributed by atoms with Gasteiger partial charge in [-0.1, -0.05) is 42.0 Å². The molecule has 26 heavy (non-hydrogen) atoms. The Hall–Kier alpha value is -2.70. The van der Waals surface area contributed by atoms with Gasteiger partial charge in [-0.2, -0.15) is 0 Å². The number of pyridine rings is 1. The molecule has 0 fully saturated rings. The van der Waals surface area contributed by atoms with E-state index in [1.807, 2.05) is 54.8 Å². The summed E-state index contributed by atoms with van der Waals surface area (Å²) in [6.45, 7) is 1.92. The van der Waals surface area contributed by atoms with Crippen LogP contribution in [-0.2, 0) is 10.0 Å². The highest BCUT2D eigenvalue weighted by Gasteiger charge is 2.16. The molecule has 0 aliphatic rings. The Morgan fingerprint density at radius 3 is 2.35 bits per heavy atom. The summed E-state index contributed by atoms with van der Waals surface area (Å²) < 4.78 is 27.0. The number of rotatable bonds is 4. The monoisotopic (exact) mass is 380 g/mol. The molecule has 0 atom stereocenters. The van der Waals surface area contributed by atoms with Crippen LogP contribution in [-0.4, -0.2) is 8.42 Å². The predicted octanol–water partition coefficient (Wildman–Crippen LogP) is 4.69. The van der Waals surface area contributed by atoms with Gasteiger partial charge in [0.15, 0.2) is 16.2 Å². The molecular weight excluding hydrogens is 364 g/mol. The molecule has 0 unspecified atom stereocenters. The predicted molar refractivity (Wildman–Crippen MR) is 105 cm³/mol. The minimum Gasteiger partial charge on any atom is -0.317 e. The molecule has 130 valence electrons. The van der Waals surface area contributed by atoms with Crippen molar-refractivity contribution in [2.24, 2.45) is 0 Å². The number of sulfonamides is 1. The zero-order valence-electron chi connectivity index (χ0n) is 14.0. The van der Waals surface area contributed by atoms with Crippen molar-refractivity contribution < 1.29 is 13.1 Å². The van der Waals surface area contributed by atoms with E-state index in [4.69, 9.17) is 0 Å². The highest BCUT2D eigenvalue weighted by atomic mass is 32.2. The average molecular weight is 380 g/mol. The molecule has 0 aliphatic carbocycles. The molecule has 2 heterocycles. The standard InChI is InChI=1S/C20H16N2O2S2/c1-15-8-10-18(11-9-15)26(23,24)21-22-14-17-6-3-2-5-16(17)13-19(22)20-7-4-12-25-20/h2-14H,1H3. The summed E-state index contributed by atoms with van der Waals surface area (Å²) >= 11 is 1.55. The number of nitrogens with zero attached hydrogens (tertiary/aromatic N) is 2. The SMILES string of the molecule is Cc1ccc(S(=O)(=O)[N-][n+]2cc3ccccc3cc2-c2cccs2)cc1. The Bertz CT molecular complexity index is 1170. The number of hydrogen-bond donors (Lipinski definition) is 0. The van der Waals surface area contributed by atoms with E-state index >= 15 is 0 Å². The van der Waals surface area contributed by atoms with Crippen LogP contribution in [0.15, 0.2) is 83.2 Å². The van der Waals surface area contributed by atoms with E-state index in [2.05, 4.69) is 4.83 Å². The van der Waals surface area contributed by atoms with Gasteiger partial charge in [-0.15, -0.1) is 11.3 Å². The second kappa shape index (κ2) is 6.55. The summed E-state index contributed by atoms with van der Waals surface area (Å²) in [7, 11) is -3.82. The normalized spacial score (nSPS) is 11.6. The van der Waals surface area contributed by atoms with E-state index in [-0.39, 0.29) is 4.90 Å². The van der Waals surface area contributed by atoms with Crippen LogP contribution in [0.4, 0.5) is 0 Å². The van der Waals surface area contributed by atoms with Crippen LogP contribution >= 0.6 is 11.3 Å². The number of thiophene rings is 1. The molecule has 6 heteroatoms. The van der Waals surface area contributed by atoms with Gasteiger partial charge in [-0.3, -0.25) is 0 Å². The number of aryl methyl sites for hydroxylation is 1. The van der Waals surface area contributed by atoms with E-state index in [9.17, 15) is 8.42 Å². The molecule has 2 aromatic carbocycles. The Balaban J connectivity index is 1.84. The molecule has 4 aromatic rings. The lowest BCUT2D eigenvalue weighted by atomic mass is 10.1. The largest absolute Gasteiger partial charge is 0.317 e. The van der Waals surface area contributed by atoms with E-state index in [1.54, 1.807) is 41.8 Å². The summed E-state index contributed by atoms with van der Waals surface area (Å²) in [5.41, 5.74) is 1.75. The minimum atomic E-state index is -3.82. The zero-order valence-corrected chi connectivity index (χ0v) is 15.7. The van der Waals surface area contributed by atoms with E-state index < -0.39 is 10.0 Å². The van der Waals surface area contributed by atoms with Gasteiger partial charge in [0.1, 0.15) is 0 Å². The Morgan fingerprint density at radius 2 is 1.65 bits per heavy atom. The lowest BCUT2D eigenvalue weighted by Crippen LogP contribution is -2.34. The molecule has 4 nitrogen and oxygen atoms in total. The maximum Gasteiger partial charge on any atom is 0.219 e. The van der Waals surface area contributed by atoms with Crippen LogP contribution in [0.5, 0.6) is 0 Å². The number of hydrogen-bond acceptors (Lipinski definition) is 3. The van der Waals surface area contributed by atoms with Crippen molar-refractivity contribution in [2.45, 2.75) is 11.8 Å². The highest BCUT2D eigenvalue weighted by Crippen LogP contribution is 2.26. The van der Waals surface area contributed by atoms with Gasteiger partial charge in [-0.05, 0) is 42.0 Å². The summed E-state index contributed by atoms with van der Waals surface area (Å²) in [6, 6.07) is 20.4. The highest BCUT2D eigenvalue weighted by molar-refractivity contribution is 7.93. The molecule has 2 aromatic heterocycles. The first kappa shape index (κ1) is 16.8. The second-order valence-electron chi connectivity index (χ2n) is 5.98. The summed E-state index contributed by atoms with van der Waals surface area (Å²) in [4.78, 5) is 5.23. The molecule has 0 saturated carbocycles. The first-order valence-corrected chi connectivity index (χ1v) is 10.4. The molecule has 0 amide bonds. The number of benzene rings is 2.